The van der Waals surface area contributed by atoms with Crippen LogP contribution in [0.4, 0.5) is 0 Å². The molecule has 0 fully saturated rings. The van der Waals surface area contributed by atoms with Gasteiger partial charge in [0.15, 0.2) is 0 Å². The van der Waals surface area contributed by atoms with Gasteiger partial charge >= 0.3 is 5.97 Å². The average molecular weight is 214 g/mol. The summed E-state index contributed by atoms with van der Waals surface area (Å²) in [5.74, 6) is 1.46. The Hall–Kier alpha value is -0.900. The third-order valence-corrected chi connectivity index (χ3v) is 3.09. The summed E-state index contributed by atoms with van der Waals surface area (Å²) < 4.78 is 9.56. The third-order valence-electron chi connectivity index (χ3n) is 1.82. The van der Waals surface area contributed by atoms with Crippen LogP contribution in [0.2, 0.25) is 0 Å². The van der Waals surface area contributed by atoms with Gasteiger partial charge in [-0.25, -0.2) is 0 Å². The van der Waals surface area contributed by atoms with Crippen LogP contribution in [0, 0.1) is 5.92 Å². The van der Waals surface area contributed by atoms with Crippen molar-refractivity contribution in [1.29, 1.82) is 0 Å². The molecule has 0 aliphatic carbocycles. The Morgan fingerprint density at radius 2 is 2.50 bits per heavy atom. The van der Waals surface area contributed by atoms with Gasteiger partial charge in [0.25, 0.3) is 0 Å². The highest BCUT2D eigenvalue weighted by atomic mass is 32.2. The Morgan fingerprint density at radius 1 is 1.71 bits per heavy atom. The summed E-state index contributed by atoms with van der Waals surface area (Å²) in [4.78, 5) is 11.1. The van der Waals surface area contributed by atoms with E-state index in [4.69, 9.17) is 4.42 Å². The van der Waals surface area contributed by atoms with Crippen molar-refractivity contribution in [3.05, 3.63) is 24.2 Å². The minimum absolute atomic E-state index is 0.0445. The second-order valence-electron chi connectivity index (χ2n) is 3.07. The monoisotopic (exact) mass is 214 g/mol. The van der Waals surface area contributed by atoms with E-state index < -0.39 is 0 Å². The predicted octanol–water partition coefficient (Wildman–Crippen LogP) is 2.32. The molecule has 0 aliphatic heterocycles. The molecule has 1 rings (SSSR count). The zero-order valence-electron chi connectivity index (χ0n) is 8.36. The number of carbonyl (C=O) groups is 1. The van der Waals surface area contributed by atoms with Gasteiger partial charge in [-0.1, -0.05) is 6.92 Å². The second-order valence-corrected chi connectivity index (χ2v) is 4.10. The molecule has 4 heteroatoms. The second kappa shape index (κ2) is 5.75. The number of carbonyl (C=O) groups excluding carboxylic acids is 1. The molecule has 0 saturated carbocycles. The first-order chi connectivity index (χ1) is 6.74. The zero-order valence-corrected chi connectivity index (χ0v) is 9.17. The molecule has 0 saturated heterocycles. The first-order valence-corrected chi connectivity index (χ1v) is 5.56. The van der Waals surface area contributed by atoms with Crippen molar-refractivity contribution in [2.24, 2.45) is 5.92 Å². The fraction of sp³-hybridized carbons (Fsp3) is 0.500. The number of methoxy groups -OCH3 is 1. The van der Waals surface area contributed by atoms with Gasteiger partial charge in [-0.3, -0.25) is 4.79 Å². The maximum Gasteiger partial charge on any atom is 0.309 e. The SMILES string of the molecule is COC(=O)C(C)CSCc1ccoc1. The standard InChI is InChI=1S/C10H14O3S/c1-8(10(11)12-2)6-14-7-9-3-4-13-5-9/h3-5,8H,6-7H2,1-2H3. The predicted molar refractivity (Wildman–Crippen MR) is 56.1 cm³/mol. The van der Waals surface area contributed by atoms with Crippen LogP contribution in [0.15, 0.2) is 23.0 Å². The topological polar surface area (TPSA) is 39.4 Å². The van der Waals surface area contributed by atoms with Crippen LogP contribution >= 0.6 is 11.8 Å². The summed E-state index contributed by atoms with van der Waals surface area (Å²) in [7, 11) is 1.42. The molecule has 0 aromatic carbocycles. The Morgan fingerprint density at radius 3 is 3.07 bits per heavy atom. The summed E-state index contributed by atoms with van der Waals surface area (Å²) in [5, 5.41) is 0. The van der Waals surface area contributed by atoms with Crippen LogP contribution in [0.1, 0.15) is 12.5 Å². The van der Waals surface area contributed by atoms with Crippen LogP contribution in [-0.4, -0.2) is 18.8 Å². The van der Waals surface area contributed by atoms with Gasteiger partial charge in [-0.05, 0) is 6.07 Å². The summed E-state index contributed by atoms with van der Waals surface area (Å²) in [6.07, 6.45) is 3.37. The van der Waals surface area contributed by atoms with Crippen LogP contribution in [0.25, 0.3) is 0 Å². The highest BCUT2D eigenvalue weighted by Gasteiger charge is 2.12. The first-order valence-electron chi connectivity index (χ1n) is 4.40. The highest BCUT2D eigenvalue weighted by molar-refractivity contribution is 7.98. The van der Waals surface area contributed by atoms with E-state index >= 15 is 0 Å². The molecule has 78 valence electrons. The smallest absolute Gasteiger partial charge is 0.309 e. The highest BCUT2D eigenvalue weighted by Crippen LogP contribution is 2.16. The summed E-state index contributed by atoms with van der Waals surface area (Å²) in [6.45, 7) is 1.87. The average Bonchev–Trinajstić information content (AvgIpc) is 2.69. The summed E-state index contributed by atoms with van der Waals surface area (Å²) in [5.41, 5.74) is 1.15. The van der Waals surface area contributed by atoms with E-state index in [2.05, 4.69) is 4.74 Å². The Kier molecular flexibility index (Phi) is 4.59. The number of rotatable bonds is 5. The van der Waals surface area contributed by atoms with Crippen molar-refractivity contribution in [3.8, 4) is 0 Å². The van der Waals surface area contributed by atoms with Crippen LogP contribution in [0.5, 0.6) is 0 Å². The fourth-order valence-electron chi connectivity index (χ4n) is 0.998. The van der Waals surface area contributed by atoms with Crippen molar-refractivity contribution in [3.63, 3.8) is 0 Å². The molecule has 0 amide bonds. The number of ether oxygens (including phenoxy) is 1. The summed E-state index contributed by atoms with van der Waals surface area (Å²) >= 11 is 1.70. The Balaban J connectivity index is 2.18. The molecular formula is C10H14O3S. The van der Waals surface area contributed by atoms with Gasteiger partial charge in [0, 0.05) is 17.1 Å². The zero-order chi connectivity index (χ0) is 10.4. The molecule has 1 unspecified atom stereocenters. The Bertz CT molecular complexity index is 269. The minimum atomic E-state index is -0.148. The van der Waals surface area contributed by atoms with E-state index in [0.29, 0.717) is 0 Å². The fourth-order valence-corrected chi connectivity index (χ4v) is 2.01. The van der Waals surface area contributed by atoms with E-state index in [1.807, 2.05) is 13.0 Å². The number of furan rings is 1. The molecule has 1 aromatic rings. The normalized spacial score (nSPS) is 12.4. The quantitative estimate of drug-likeness (QED) is 0.705. The molecule has 1 aromatic heterocycles. The van der Waals surface area contributed by atoms with Crippen molar-refractivity contribution in [2.45, 2.75) is 12.7 Å². The van der Waals surface area contributed by atoms with Crippen molar-refractivity contribution in [1.82, 2.24) is 0 Å². The molecule has 1 atom stereocenters. The van der Waals surface area contributed by atoms with Gasteiger partial charge in [0.2, 0.25) is 0 Å². The van der Waals surface area contributed by atoms with Crippen LogP contribution in [0.3, 0.4) is 0 Å². The lowest BCUT2D eigenvalue weighted by molar-refractivity contribution is -0.143. The third kappa shape index (κ3) is 3.46. The number of esters is 1. The van der Waals surface area contributed by atoms with Crippen molar-refractivity contribution >= 4 is 17.7 Å². The largest absolute Gasteiger partial charge is 0.472 e. The lowest BCUT2D eigenvalue weighted by atomic mass is 10.2. The lowest BCUT2D eigenvalue weighted by Crippen LogP contribution is -2.14. The maximum absolute atomic E-state index is 11.1. The van der Waals surface area contributed by atoms with Gasteiger partial charge in [0.05, 0.1) is 25.6 Å². The number of hydrogen-bond donors (Lipinski definition) is 0. The van der Waals surface area contributed by atoms with Gasteiger partial charge in [0.1, 0.15) is 0 Å². The van der Waals surface area contributed by atoms with E-state index in [-0.39, 0.29) is 11.9 Å². The molecule has 1 heterocycles. The van der Waals surface area contributed by atoms with E-state index in [1.165, 1.54) is 7.11 Å². The molecule has 0 spiro atoms. The van der Waals surface area contributed by atoms with E-state index in [9.17, 15) is 4.79 Å². The van der Waals surface area contributed by atoms with Crippen molar-refractivity contribution < 1.29 is 13.9 Å². The number of thioether (sulfide) groups is 1. The van der Waals surface area contributed by atoms with Crippen LogP contribution in [-0.2, 0) is 15.3 Å². The molecule has 0 aliphatic rings. The molecule has 0 radical (unpaired) electrons. The Labute approximate surface area is 87.8 Å². The minimum Gasteiger partial charge on any atom is -0.472 e. The first kappa shape index (κ1) is 11.2. The van der Waals surface area contributed by atoms with Crippen molar-refractivity contribution in [2.75, 3.05) is 12.9 Å². The molecule has 0 N–H and O–H groups in total. The molecule has 14 heavy (non-hydrogen) atoms. The molecular weight excluding hydrogens is 200 g/mol. The van der Waals surface area contributed by atoms with Gasteiger partial charge < -0.3 is 9.15 Å². The summed E-state index contributed by atoms with van der Waals surface area (Å²) in [6, 6.07) is 1.93. The maximum atomic E-state index is 11.1. The van der Waals surface area contributed by atoms with E-state index in [0.717, 1.165) is 17.1 Å². The van der Waals surface area contributed by atoms with Gasteiger partial charge in [-0.15, -0.1) is 0 Å². The van der Waals surface area contributed by atoms with Gasteiger partial charge in [-0.2, -0.15) is 11.8 Å². The number of hydrogen-bond acceptors (Lipinski definition) is 4. The van der Waals surface area contributed by atoms with Crippen LogP contribution < -0.4 is 0 Å². The lowest BCUT2D eigenvalue weighted by Gasteiger charge is -2.07. The molecule has 0 bridgehead atoms. The molecule has 3 nitrogen and oxygen atoms in total. The van der Waals surface area contributed by atoms with E-state index in [1.54, 1.807) is 24.3 Å².